The summed E-state index contributed by atoms with van der Waals surface area (Å²) in [4.78, 5) is 24.9. The third-order valence-corrected chi connectivity index (χ3v) is 4.96. The van der Waals surface area contributed by atoms with E-state index in [0.717, 1.165) is 36.0 Å². The van der Waals surface area contributed by atoms with E-state index >= 15 is 0 Å². The van der Waals surface area contributed by atoms with E-state index in [2.05, 4.69) is 11.5 Å². The predicted molar refractivity (Wildman–Crippen MR) is 114 cm³/mol. The third-order valence-electron chi connectivity index (χ3n) is 4.96. The minimum atomic E-state index is -0.412. The van der Waals surface area contributed by atoms with Crippen molar-refractivity contribution in [3.8, 4) is 5.75 Å². The summed E-state index contributed by atoms with van der Waals surface area (Å²) in [6, 6.07) is 14.9. The van der Waals surface area contributed by atoms with Crippen LogP contribution >= 0.6 is 0 Å². The molecule has 0 bridgehead atoms. The number of rotatable bonds is 9. The average Bonchev–Trinajstić information content (AvgIpc) is 3.01. The highest BCUT2D eigenvalue weighted by molar-refractivity contribution is 6.17. The SMILES string of the molecule is CCCCn1c(C)c(C(=O)c2ccccc2)c2cc(OCC(=O)OCC)ccc21. The molecule has 0 radical (unpaired) electrons. The van der Waals surface area contributed by atoms with Gasteiger partial charge in [0.25, 0.3) is 0 Å². The van der Waals surface area contributed by atoms with E-state index in [4.69, 9.17) is 9.47 Å². The number of benzene rings is 2. The Balaban J connectivity index is 2.04. The summed E-state index contributed by atoms with van der Waals surface area (Å²) in [6.07, 6.45) is 2.10. The molecule has 0 aliphatic heterocycles. The minimum Gasteiger partial charge on any atom is -0.482 e. The molecule has 3 rings (SSSR count). The molecule has 0 saturated heterocycles. The van der Waals surface area contributed by atoms with Gasteiger partial charge in [0.05, 0.1) is 12.2 Å². The molecule has 152 valence electrons. The molecule has 0 N–H and O–H groups in total. The van der Waals surface area contributed by atoms with Crippen LogP contribution in [0.25, 0.3) is 10.9 Å². The Labute approximate surface area is 171 Å². The van der Waals surface area contributed by atoms with Gasteiger partial charge in [0.15, 0.2) is 12.4 Å². The van der Waals surface area contributed by atoms with Crippen molar-refractivity contribution in [2.75, 3.05) is 13.2 Å². The van der Waals surface area contributed by atoms with E-state index < -0.39 is 5.97 Å². The second-order valence-electron chi connectivity index (χ2n) is 6.93. The fourth-order valence-electron chi connectivity index (χ4n) is 3.52. The zero-order valence-corrected chi connectivity index (χ0v) is 17.2. The summed E-state index contributed by atoms with van der Waals surface area (Å²) in [7, 11) is 0. The van der Waals surface area contributed by atoms with Crippen LogP contribution in [-0.2, 0) is 16.1 Å². The van der Waals surface area contributed by atoms with Crippen LogP contribution in [0.3, 0.4) is 0 Å². The van der Waals surface area contributed by atoms with Gasteiger partial charge in [-0.1, -0.05) is 43.7 Å². The molecule has 0 aliphatic carbocycles. The number of ether oxygens (including phenoxy) is 2. The highest BCUT2D eigenvalue weighted by Gasteiger charge is 2.21. The molecule has 1 heterocycles. The molecule has 3 aromatic rings. The van der Waals surface area contributed by atoms with Crippen molar-refractivity contribution in [1.29, 1.82) is 0 Å². The number of fused-ring (bicyclic) bond motifs is 1. The quantitative estimate of drug-likeness (QED) is 0.382. The molecule has 1 aromatic heterocycles. The standard InChI is InChI=1S/C24H27NO4/c1-4-6-14-25-17(3)23(24(27)18-10-8-7-9-11-18)20-15-19(12-13-21(20)25)29-16-22(26)28-5-2/h7-13,15H,4-6,14,16H2,1-3H3. The number of hydrogen-bond acceptors (Lipinski definition) is 4. The molecule has 0 spiro atoms. The maximum absolute atomic E-state index is 13.3. The number of unbranched alkanes of at least 4 members (excludes halogenated alkanes) is 1. The summed E-state index contributed by atoms with van der Waals surface area (Å²) < 4.78 is 12.7. The highest BCUT2D eigenvalue weighted by atomic mass is 16.6. The molecule has 2 aromatic carbocycles. The molecule has 0 unspecified atom stereocenters. The van der Waals surface area contributed by atoms with Gasteiger partial charge >= 0.3 is 5.97 Å². The van der Waals surface area contributed by atoms with Crippen LogP contribution in [0.1, 0.15) is 48.3 Å². The first-order valence-electron chi connectivity index (χ1n) is 10.1. The predicted octanol–water partition coefficient (Wildman–Crippen LogP) is 4.92. The number of nitrogens with zero attached hydrogens (tertiary/aromatic N) is 1. The van der Waals surface area contributed by atoms with Crippen LogP contribution in [0.5, 0.6) is 5.75 Å². The first-order valence-corrected chi connectivity index (χ1v) is 10.1. The van der Waals surface area contributed by atoms with Crippen molar-refractivity contribution in [1.82, 2.24) is 4.57 Å². The van der Waals surface area contributed by atoms with Crippen molar-refractivity contribution in [2.24, 2.45) is 0 Å². The van der Waals surface area contributed by atoms with E-state index in [9.17, 15) is 9.59 Å². The van der Waals surface area contributed by atoms with Crippen LogP contribution in [-0.4, -0.2) is 29.5 Å². The summed E-state index contributed by atoms with van der Waals surface area (Å²) in [5, 5.41) is 0.841. The Morgan fingerprint density at radius 1 is 1.03 bits per heavy atom. The lowest BCUT2D eigenvalue weighted by atomic mass is 10.0. The lowest BCUT2D eigenvalue weighted by Gasteiger charge is -2.08. The number of ketones is 1. The van der Waals surface area contributed by atoms with E-state index in [1.165, 1.54) is 0 Å². The molecule has 0 aliphatic rings. The van der Waals surface area contributed by atoms with Crippen molar-refractivity contribution in [3.05, 3.63) is 65.4 Å². The monoisotopic (exact) mass is 393 g/mol. The number of aryl methyl sites for hydroxylation is 1. The van der Waals surface area contributed by atoms with Crippen molar-refractivity contribution in [2.45, 2.75) is 40.2 Å². The Kier molecular flexibility index (Phi) is 6.70. The van der Waals surface area contributed by atoms with Crippen molar-refractivity contribution >= 4 is 22.7 Å². The van der Waals surface area contributed by atoms with Gasteiger partial charge in [-0.3, -0.25) is 4.79 Å². The zero-order valence-electron chi connectivity index (χ0n) is 17.2. The lowest BCUT2D eigenvalue weighted by molar-refractivity contribution is -0.145. The summed E-state index contributed by atoms with van der Waals surface area (Å²) in [6.45, 7) is 6.91. The molecule has 0 fully saturated rings. The van der Waals surface area contributed by atoms with Gasteiger partial charge in [-0.2, -0.15) is 0 Å². The van der Waals surface area contributed by atoms with Crippen molar-refractivity contribution < 1.29 is 19.1 Å². The Bertz CT molecular complexity index is 1000. The van der Waals surface area contributed by atoms with Gasteiger partial charge in [-0.05, 0) is 38.5 Å². The number of aromatic nitrogens is 1. The van der Waals surface area contributed by atoms with Gasteiger partial charge in [0.1, 0.15) is 5.75 Å². The van der Waals surface area contributed by atoms with Gasteiger partial charge < -0.3 is 14.0 Å². The Morgan fingerprint density at radius 3 is 2.48 bits per heavy atom. The average molecular weight is 393 g/mol. The maximum atomic E-state index is 13.3. The first kappa shape index (κ1) is 20.6. The maximum Gasteiger partial charge on any atom is 0.344 e. The zero-order chi connectivity index (χ0) is 20.8. The normalized spacial score (nSPS) is 10.9. The third kappa shape index (κ3) is 4.50. The van der Waals surface area contributed by atoms with Crippen LogP contribution in [0.15, 0.2) is 48.5 Å². The van der Waals surface area contributed by atoms with Crippen LogP contribution in [0.2, 0.25) is 0 Å². The van der Waals surface area contributed by atoms with Gasteiger partial charge in [0, 0.05) is 28.7 Å². The number of esters is 1. The van der Waals surface area contributed by atoms with Crippen LogP contribution in [0.4, 0.5) is 0 Å². The Morgan fingerprint density at radius 2 is 1.79 bits per heavy atom. The number of hydrogen-bond donors (Lipinski definition) is 0. The van der Waals surface area contributed by atoms with E-state index in [-0.39, 0.29) is 12.4 Å². The van der Waals surface area contributed by atoms with Crippen LogP contribution in [0, 0.1) is 6.92 Å². The molecule has 0 amide bonds. The first-order chi connectivity index (χ1) is 14.1. The summed E-state index contributed by atoms with van der Waals surface area (Å²) >= 11 is 0. The molecule has 5 nitrogen and oxygen atoms in total. The number of carbonyl (C=O) groups is 2. The van der Waals surface area contributed by atoms with Crippen LogP contribution < -0.4 is 4.74 Å². The summed E-state index contributed by atoms with van der Waals surface area (Å²) in [5.41, 5.74) is 3.29. The van der Waals surface area contributed by atoms with E-state index in [1.807, 2.05) is 55.5 Å². The van der Waals surface area contributed by atoms with Crippen molar-refractivity contribution in [3.63, 3.8) is 0 Å². The van der Waals surface area contributed by atoms with Gasteiger partial charge in [-0.25, -0.2) is 4.79 Å². The molecule has 0 atom stereocenters. The molecule has 0 saturated carbocycles. The largest absolute Gasteiger partial charge is 0.482 e. The number of carbonyl (C=O) groups excluding carboxylic acids is 2. The molecular formula is C24H27NO4. The van der Waals surface area contributed by atoms with E-state index in [1.54, 1.807) is 6.92 Å². The topological polar surface area (TPSA) is 57.5 Å². The molecule has 29 heavy (non-hydrogen) atoms. The smallest absolute Gasteiger partial charge is 0.344 e. The minimum absolute atomic E-state index is 0.00843. The highest BCUT2D eigenvalue weighted by Crippen LogP contribution is 2.31. The second kappa shape index (κ2) is 9.41. The van der Waals surface area contributed by atoms with E-state index in [0.29, 0.717) is 23.5 Å². The Hall–Kier alpha value is -3.08. The fourth-order valence-corrected chi connectivity index (χ4v) is 3.52. The summed E-state index contributed by atoms with van der Waals surface area (Å²) in [5.74, 6) is 0.121. The fraction of sp³-hybridized carbons (Fsp3) is 0.333. The molecular weight excluding hydrogens is 366 g/mol. The van der Waals surface area contributed by atoms with Gasteiger partial charge in [-0.15, -0.1) is 0 Å². The second-order valence-corrected chi connectivity index (χ2v) is 6.93. The van der Waals surface area contributed by atoms with Gasteiger partial charge in [0.2, 0.25) is 0 Å². The molecule has 5 heteroatoms. The lowest BCUT2D eigenvalue weighted by Crippen LogP contribution is -2.14.